The lowest BCUT2D eigenvalue weighted by atomic mass is 10.4. The third-order valence-corrected chi connectivity index (χ3v) is 4.48. The van der Waals surface area contributed by atoms with Crippen molar-refractivity contribution in [2.24, 2.45) is 0 Å². The van der Waals surface area contributed by atoms with Crippen molar-refractivity contribution in [3.63, 3.8) is 0 Å². The molecule has 0 bridgehead atoms. The first kappa shape index (κ1) is 23.7. The molecule has 2 aromatic heterocycles. The van der Waals surface area contributed by atoms with Crippen molar-refractivity contribution < 1.29 is 42.1 Å². The van der Waals surface area contributed by atoms with Gasteiger partial charge in [0.25, 0.3) is 0 Å². The summed E-state index contributed by atoms with van der Waals surface area (Å²) < 4.78 is 32.6. The summed E-state index contributed by atoms with van der Waals surface area (Å²) in [6.07, 6.45) is 4.36. The van der Waals surface area contributed by atoms with E-state index in [1.54, 1.807) is 0 Å². The number of nitrogens with one attached hydrogen (secondary N) is 2. The number of imidazole rings is 2. The molecule has 2 rings (SSSR count). The number of ether oxygens (including phenoxy) is 2. The second-order valence-electron chi connectivity index (χ2n) is 7.11. The van der Waals surface area contributed by atoms with Gasteiger partial charge in [-0.05, 0) is 0 Å². The Bertz CT molecular complexity index is 850. The van der Waals surface area contributed by atoms with Crippen molar-refractivity contribution in [1.29, 1.82) is 0 Å². The highest BCUT2D eigenvalue weighted by atomic mass is 31.2. The lowest BCUT2D eigenvalue weighted by Gasteiger charge is -2.24. The maximum Gasteiger partial charge on any atom is 0.472 e. The van der Waals surface area contributed by atoms with Crippen LogP contribution in [0.2, 0.25) is 0 Å². The summed E-state index contributed by atoms with van der Waals surface area (Å²) in [4.78, 5) is 46.5. The minimum absolute atomic E-state index is 0.0262. The van der Waals surface area contributed by atoms with Crippen LogP contribution in [0.3, 0.4) is 0 Å². The summed E-state index contributed by atoms with van der Waals surface area (Å²) in [7, 11) is 1.26. The average Bonchev–Trinajstić information content (AvgIpc) is 3.36. The van der Waals surface area contributed by atoms with Gasteiger partial charge in [0.05, 0.1) is 27.7 Å². The molecule has 0 aliphatic rings. The van der Waals surface area contributed by atoms with Crippen LogP contribution < -0.4 is 0 Å². The number of carbonyl (C=O) groups excluding carboxylic acids is 2. The Balaban J connectivity index is 1.93. The standard InChI is InChI=1S/C16H24N5O8P/c1-21(2,3)8-9-27-30(24,25)28-11-12(29-16(23)14-19-6-7-20-14)10-26-15(22)13-17-4-5-18-13/h4-7,12H,8-11H2,1-3H3,(H2-,17,18,19,20,22,23,24,25)/p+1/t12-/m1/s1. The zero-order chi connectivity index (χ0) is 22.2. The average molecular weight is 446 g/mol. The highest BCUT2D eigenvalue weighted by molar-refractivity contribution is 7.47. The van der Waals surface area contributed by atoms with Crippen LogP contribution in [-0.2, 0) is 23.1 Å². The molecule has 2 atom stereocenters. The summed E-state index contributed by atoms with van der Waals surface area (Å²) >= 11 is 0. The molecule has 0 aliphatic carbocycles. The molecule has 14 heteroatoms. The quantitative estimate of drug-likeness (QED) is 0.235. The highest BCUT2D eigenvalue weighted by Crippen LogP contribution is 2.43. The van der Waals surface area contributed by atoms with Crippen molar-refractivity contribution in [3.05, 3.63) is 36.4 Å². The molecule has 0 saturated carbocycles. The van der Waals surface area contributed by atoms with E-state index in [1.165, 1.54) is 24.8 Å². The smallest absolute Gasteiger partial charge is 0.456 e. The second kappa shape index (κ2) is 10.5. The third kappa shape index (κ3) is 8.43. The normalized spacial score (nSPS) is 14.7. The predicted octanol–water partition coefficient (Wildman–Crippen LogP) is 0.355. The van der Waals surface area contributed by atoms with Crippen LogP contribution in [0.4, 0.5) is 0 Å². The van der Waals surface area contributed by atoms with Crippen LogP contribution >= 0.6 is 7.82 Å². The van der Waals surface area contributed by atoms with Crippen LogP contribution in [0.15, 0.2) is 24.8 Å². The number of aromatic amines is 2. The van der Waals surface area contributed by atoms with E-state index in [0.717, 1.165) is 0 Å². The van der Waals surface area contributed by atoms with Gasteiger partial charge in [-0.3, -0.25) is 9.05 Å². The van der Waals surface area contributed by atoms with Gasteiger partial charge in [-0.1, -0.05) is 0 Å². The van der Waals surface area contributed by atoms with Crippen LogP contribution in [0.1, 0.15) is 21.2 Å². The molecule has 2 heterocycles. The van der Waals surface area contributed by atoms with Crippen molar-refractivity contribution in [3.8, 4) is 0 Å². The Morgan fingerprint density at radius 3 is 2.20 bits per heavy atom. The summed E-state index contributed by atoms with van der Waals surface area (Å²) in [5.74, 6) is -1.81. The largest absolute Gasteiger partial charge is 0.472 e. The Morgan fingerprint density at radius 1 is 1.07 bits per heavy atom. The van der Waals surface area contributed by atoms with E-state index >= 15 is 0 Å². The first-order valence-corrected chi connectivity index (χ1v) is 10.3. The van der Waals surface area contributed by atoms with E-state index < -0.39 is 39.1 Å². The van der Waals surface area contributed by atoms with Gasteiger partial charge in [0, 0.05) is 24.8 Å². The van der Waals surface area contributed by atoms with Crippen LogP contribution in [0.25, 0.3) is 0 Å². The van der Waals surface area contributed by atoms with Gasteiger partial charge in [0.2, 0.25) is 11.6 Å². The Hall–Kier alpha value is -2.57. The number of hydrogen-bond donors (Lipinski definition) is 3. The van der Waals surface area contributed by atoms with Crippen molar-refractivity contribution >= 4 is 19.8 Å². The lowest BCUT2D eigenvalue weighted by Crippen LogP contribution is -2.37. The number of rotatable bonds is 12. The number of aromatic nitrogens is 4. The summed E-state index contributed by atoms with van der Waals surface area (Å²) in [5, 5.41) is 0. The van der Waals surface area contributed by atoms with E-state index in [1.807, 2.05) is 21.1 Å². The molecule has 0 aromatic carbocycles. The van der Waals surface area contributed by atoms with Gasteiger partial charge in [-0.15, -0.1) is 0 Å². The van der Waals surface area contributed by atoms with Gasteiger partial charge in [0.1, 0.15) is 19.8 Å². The van der Waals surface area contributed by atoms with E-state index in [9.17, 15) is 19.0 Å². The first-order chi connectivity index (χ1) is 14.1. The molecule has 0 saturated heterocycles. The van der Waals surface area contributed by atoms with Crippen LogP contribution in [0.5, 0.6) is 0 Å². The van der Waals surface area contributed by atoms with Gasteiger partial charge < -0.3 is 28.8 Å². The maximum atomic E-state index is 12.1. The third-order valence-electron chi connectivity index (χ3n) is 3.50. The molecular weight excluding hydrogens is 421 g/mol. The zero-order valence-electron chi connectivity index (χ0n) is 16.8. The van der Waals surface area contributed by atoms with Gasteiger partial charge in [-0.25, -0.2) is 24.1 Å². The molecule has 30 heavy (non-hydrogen) atoms. The SMILES string of the molecule is C[N+](C)(C)CCOP(=O)(O)OC[C@@H](COC(=O)c1ncc[nH]1)OC(=O)c1ncc[nH]1. The van der Waals surface area contributed by atoms with Gasteiger partial charge in [-0.2, -0.15) is 0 Å². The van der Waals surface area contributed by atoms with E-state index in [0.29, 0.717) is 11.0 Å². The van der Waals surface area contributed by atoms with Crippen LogP contribution in [0, 0.1) is 0 Å². The molecule has 0 radical (unpaired) electrons. The topological polar surface area (TPSA) is 166 Å². The van der Waals surface area contributed by atoms with Crippen molar-refractivity contribution in [2.45, 2.75) is 6.10 Å². The molecule has 166 valence electrons. The number of phosphoric ester groups is 1. The number of quaternary nitrogens is 1. The van der Waals surface area contributed by atoms with E-state index in [-0.39, 0.29) is 18.3 Å². The summed E-state index contributed by atoms with van der Waals surface area (Å²) in [5.41, 5.74) is 0. The number of nitrogens with zero attached hydrogens (tertiary/aromatic N) is 3. The minimum atomic E-state index is -4.42. The molecule has 0 fully saturated rings. The Kier molecular flexibility index (Phi) is 8.26. The fourth-order valence-electron chi connectivity index (χ4n) is 1.96. The van der Waals surface area contributed by atoms with Crippen molar-refractivity contribution in [1.82, 2.24) is 19.9 Å². The summed E-state index contributed by atoms with van der Waals surface area (Å²) in [6.45, 7) is -0.575. The number of hydrogen-bond acceptors (Lipinski definition) is 9. The molecule has 0 aliphatic heterocycles. The van der Waals surface area contributed by atoms with E-state index in [2.05, 4.69) is 19.9 Å². The molecule has 0 spiro atoms. The summed E-state index contributed by atoms with van der Waals surface area (Å²) in [6, 6.07) is 0. The predicted molar refractivity (Wildman–Crippen MR) is 101 cm³/mol. The molecular formula is C16H25N5O8P+. The monoisotopic (exact) mass is 446 g/mol. The zero-order valence-corrected chi connectivity index (χ0v) is 17.7. The van der Waals surface area contributed by atoms with Crippen molar-refractivity contribution in [2.75, 3.05) is 47.5 Å². The van der Waals surface area contributed by atoms with Crippen LogP contribution in [-0.4, -0.2) is 94.9 Å². The van der Waals surface area contributed by atoms with Gasteiger partial charge >= 0.3 is 19.8 Å². The van der Waals surface area contributed by atoms with Gasteiger partial charge in [0.15, 0.2) is 6.10 Å². The first-order valence-electron chi connectivity index (χ1n) is 8.85. The fourth-order valence-corrected chi connectivity index (χ4v) is 2.70. The highest BCUT2D eigenvalue weighted by Gasteiger charge is 2.28. The van der Waals surface area contributed by atoms with E-state index in [4.69, 9.17) is 18.5 Å². The second-order valence-corrected chi connectivity index (χ2v) is 8.57. The molecule has 0 amide bonds. The molecule has 1 unspecified atom stereocenters. The number of carbonyl (C=O) groups is 2. The number of esters is 2. The number of likely N-dealkylation sites (N-methyl/N-ethyl adjacent to an activating group) is 1. The Labute approximate surface area is 172 Å². The lowest BCUT2D eigenvalue weighted by molar-refractivity contribution is -0.870. The molecule has 3 N–H and O–H groups in total. The molecule has 13 nitrogen and oxygen atoms in total. The number of H-pyrrole nitrogens is 2. The Morgan fingerprint density at radius 2 is 1.67 bits per heavy atom. The minimum Gasteiger partial charge on any atom is -0.456 e. The maximum absolute atomic E-state index is 12.1. The fraction of sp³-hybridized carbons (Fsp3) is 0.500. The number of phosphoric acid groups is 1. The molecule has 2 aromatic rings.